The summed E-state index contributed by atoms with van der Waals surface area (Å²) in [5.74, 6) is -1.02. The van der Waals surface area contributed by atoms with Crippen LogP contribution in [0.2, 0.25) is 0 Å². The van der Waals surface area contributed by atoms with Gasteiger partial charge in [0.2, 0.25) is 5.95 Å². The predicted molar refractivity (Wildman–Crippen MR) is 102 cm³/mol. The molecular formula is C12H18N3O14P3. The van der Waals surface area contributed by atoms with Gasteiger partial charge in [-0.3, -0.25) is 14.3 Å². The highest BCUT2D eigenvalue weighted by molar-refractivity contribution is 7.66. The number of aromatic nitrogens is 2. The van der Waals surface area contributed by atoms with E-state index in [1.54, 1.807) is 0 Å². The molecule has 1 fully saturated rings. The molecule has 0 aromatic carbocycles. The summed E-state index contributed by atoms with van der Waals surface area (Å²) in [6.07, 6.45) is -3.02. The lowest BCUT2D eigenvalue weighted by atomic mass is 9.95. The number of ether oxygens (including phenoxy) is 1. The highest BCUT2D eigenvalue weighted by Gasteiger charge is 2.49. The summed E-state index contributed by atoms with van der Waals surface area (Å²) < 4.78 is 50.8. The number of nitrogen functional groups attached to an aromatic ring is 1. The molecule has 0 spiro atoms. The molecule has 1 aliphatic carbocycles. The molecule has 0 radical (unpaired) electrons. The molecule has 3 rings (SSSR count). The zero-order valence-corrected chi connectivity index (χ0v) is 18.2. The van der Waals surface area contributed by atoms with E-state index in [2.05, 4.69) is 23.1 Å². The molecule has 0 saturated carbocycles. The third kappa shape index (κ3) is 5.79. The molecule has 1 aliphatic heterocycles. The minimum atomic E-state index is -5.72. The molecule has 2 heterocycles. The lowest BCUT2D eigenvalue weighted by molar-refractivity contribution is -0.0252. The third-order valence-electron chi connectivity index (χ3n) is 4.36. The van der Waals surface area contributed by atoms with E-state index in [0.29, 0.717) is 0 Å². The van der Waals surface area contributed by atoms with Crippen molar-refractivity contribution in [2.24, 2.45) is 0 Å². The number of aliphatic hydroxyl groups excluding tert-OH is 2. The molecule has 180 valence electrons. The monoisotopic (exact) mass is 521 g/mol. The van der Waals surface area contributed by atoms with Gasteiger partial charge in [0.25, 0.3) is 5.56 Å². The zero-order chi connectivity index (χ0) is 24.1. The minimum Gasteiger partial charge on any atom is -0.388 e. The molecule has 1 aromatic heterocycles. The van der Waals surface area contributed by atoms with E-state index < -0.39 is 66.0 Å². The second kappa shape index (κ2) is 8.81. The van der Waals surface area contributed by atoms with Crippen molar-refractivity contribution in [2.45, 2.75) is 30.3 Å². The summed E-state index contributed by atoms with van der Waals surface area (Å²) in [5.41, 5.74) is 5.31. The van der Waals surface area contributed by atoms with Crippen LogP contribution in [0.3, 0.4) is 0 Å². The fraction of sp³-hybridized carbons (Fsp3) is 0.500. The van der Waals surface area contributed by atoms with Crippen LogP contribution in [-0.4, -0.2) is 70.8 Å². The molecule has 3 unspecified atom stereocenters. The SMILES string of the molecule is Nc1nc2c(c(=O)[nH]1)C=CC2[C@@H]1O[C@H](COP(=O)(O)OP(=O)(O)OP(=O)(O)O)[C@@H](O)[C@H]1O. The molecule has 9 N–H and O–H groups in total. The molecular weight excluding hydrogens is 503 g/mol. The maximum Gasteiger partial charge on any atom is 0.490 e. The average molecular weight is 521 g/mol. The van der Waals surface area contributed by atoms with Gasteiger partial charge >= 0.3 is 23.5 Å². The first-order chi connectivity index (χ1) is 14.6. The van der Waals surface area contributed by atoms with Crippen LogP contribution in [0.4, 0.5) is 5.95 Å². The van der Waals surface area contributed by atoms with Crippen molar-refractivity contribution in [3.63, 3.8) is 0 Å². The standard InChI is InChI=1S/C12H18N3O14P3/c13-12-14-7-4(1-2-5(7)11(18)15-12)10-9(17)8(16)6(27-10)3-26-31(22,23)29-32(24,25)28-30(19,20)21/h1-2,4,6,8-10,16-17H,3H2,(H,22,23)(H,24,25)(H2,19,20,21)(H3,13,14,15,18)/t4?,6-,8-,9-,10+/m1/s1. The highest BCUT2D eigenvalue weighted by atomic mass is 31.3. The number of nitrogens with two attached hydrogens (primary N) is 1. The molecule has 1 saturated heterocycles. The first-order valence-electron chi connectivity index (χ1n) is 8.46. The Bertz CT molecular complexity index is 1120. The maximum absolute atomic E-state index is 11.9. The Morgan fingerprint density at radius 1 is 1.09 bits per heavy atom. The fourth-order valence-corrected chi connectivity index (χ4v) is 6.20. The van der Waals surface area contributed by atoms with Crippen molar-refractivity contribution in [3.05, 3.63) is 27.7 Å². The summed E-state index contributed by atoms with van der Waals surface area (Å²) in [5, 5.41) is 20.5. The van der Waals surface area contributed by atoms with Gasteiger partial charge in [0.05, 0.1) is 24.0 Å². The van der Waals surface area contributed by atoms with Gasteiger partial charge in [0, 0.05) is 5.92 Å². The third-order valence-corrected chi connectivity index (χ3v) is 8.16. The summed E-state index contributed by atoms with van der Waals surface area (Å²) in [4.78, 5) is 53.9. The van der Waals surface area contributed by atoms with Gasteiger partial charge in [-0.2, -0.15) is 8.62 Å². The largest absolute Gasteiger partial charge is 0.490 e. The van der Waals surface area contributed by atoms with Crippen molar-refractivity contribution in [1.82, 2.24) is 9.97 Å². The van der Waals surface area contributed by atoms with E-state index >= 15 is 0 Å². The van der Waals surface area contributed by atoms with Crippen LogP contribution in [0.5, 0.6) is 0 Å². The predicted octanol–water partition coefficient (Wildman–Crippen LogP) is -1.71. The van der Waals surface area contributed by atoms with E-state index in [4.69, 9.17) is 25.2 Å². The second-order valence-corrected chi connectivity index (χ2v) is 11.1. The summed E-state index contributed by atoms with van der Waals surface area (Å²) >= 11 is 0. The molecule has 1 aromatic rings. The lowest BCUT2D eigenvalue weighted by Gasteiger charge is -2.21. The summed E-state index contributed by atoms with van der Waals surface area (Å²) in [7, 11) is -16.7. The van der Waals surface area contributed by atoms with Crippen LogP contribution >= 0.6 is 23.5 Å². The summed E-state index contributed by atoms with van der Waals surface area (Å²) in [6, 6.07) is 0. The van der Waals surface area contributed by atoms with E-state index in [0.717, 1.165) is 0 Å². The molecule has 2 aliphatic rings. The maximum atomic E-state index is 11.9. The number of fused-ring (bicyclic) bond motifs is 1. The topological polar surface area (TPSA) is 281 Å². The molecule has 7 atom stereocenters. The van der Waals surface area contributed by atoms with Crippen molar-refractivity contribution < 1.29 is 61.4 Å². The summed E-state index contributed by atoms with van der Waals surface area (Å²) in [6.45, 7) is -0.966. The molecule has 0 amide bonds. The molecule has 17 nitrogen and oxygen atoms in total. The first-order valence-corrected chi connectivity index (χ1v) is 13.0. The Balaban J connectivity index is 1.68. The van der Waals surface area contributed by atoms with Gasteiger partial charge in [-0.05, 0) is 0 Å². The van der Waals surface area contributed by atoms with Crippen LogP contribution < -0.4 is 11.3 Å². The van der Waals surface area contributed by atoms with Crippen molar-refractivity contribution >= 4 is 35.5 Å². The minimum absolute atomic E-state index is 0.159. The van der Waals surface area contributed by atoms with Crippen LogP contribution in [0, 0.1) is 0 Å². The van der Waals surface area contributed by atoms with Crippen LogP contribution in [-0.2, 0) is 31.6 Å². The van der Waals surface area contributed by atoms with E-state index in [1.165, 1.54) is 12.2 Å². The van der Waals surface area contributed by atoms with E-state index in [-0.39, 0.29) is 17.2 Å². The van der Waals surface area contributed by atoms with Gasteiger partial charge in [-0.25, -0.2) is 18.7 Å². The zero-order valence-electron chi connectivity index (χ0n) is 15.6. The Morgan fingerprint density at radius 3 is 2.38 bits per heavy atom. The number of nitrogens with one attached hydrogen (secondary N) is 1. The number of aromatic amines is 1. The number of H-pyrrole nitrogens is 1. The van der Waals surface area contributed by atoms with Crippen LogP contribution in [0.1, 0.15) is 17.2 Å². The van der Waals surface area contributed by atoms with Crippen molar-refractivity contribution in [3.8, 4) is 0 Å². The highest BCUT2D eigenvalue weighted by Crippen LogP contribution is 2.66. The Kier molecular flexibility index (Phi) is 6.98. The number of aliphatic hydroxyl groups is 2. The van der Waals surface area contributed by atoms with Crippen LogP contribution in [0.25, 0.3) is 6.08 Å². The van der Waals surface area contributed by atoms with Gasteiger partial charge in [-0.1, -0.05) is 12.2 Å². The average Bonchev–Trinajstić information content (AvgIpc) is 3.12. The Hall–Kier alpha value is -1.29. The molecule has 32 heavy (non-hydrogen) atoms. The van der Waals surface area contributed by atoms with E-state index in [1.807, 2.05) is 0 Å². The first kappa shape index (κ1) is 25.3. The van der Waals surface area contributed by atoms with Gasteiger partial charge < -0.3 is 40.3 Å². The normalized spacial score (nSPS) is 31.2. The number of phosphoric ester groups is 1. The van der Waals surface area contributed by atoms with E-state index in [9.17, 15) is 33.6 Å². The quantitative estimate of drug-likeness (QED) is 0.177. The van der Waals surface area contributed by atoms with Gasteiger partial charge in [0.15, 0.2) is 0 Å². The van der Waals surface area contributed by atoms with Gasteiger partial charge in [-0.15, -0.1) is 0 Å². The Morgan fingerprint density at radius 2 is 1.75 bits per heavy atom. The molecule has 0 bridgehead atoms. The van der Waals surface area contributed by atoms with Crippen LogP contribution in [0.15, 0.2) is 10.9 Å². The number of anilines is 1. The number of rotatable bonds is 8. The Labute approximate surface area is 177 Å². The fourth-order valence-electron chi connectivity index (χ4n) is 3.17. The number of phosphoric acid groups is 3. The lowest BCUT2D eigenvalue weighted by Crippen LogP contribution is -2.36. The molecule has 20 heteroatoms. The smallest absolute Gasteiger partial charge is 0.388 e. The van der Waals surface area contributed by atoms with Crippen molar-refractivity contribution in [2.75, 3.05) is 12.3 Å². The van der Waals surface area contributed by atoms with Crippen molar-refractivity contribution in [1.29, 1.82) is 0 Å². The number of hydrogen-bond acceptors (Lipinski definition) is 12. The number of nitrogens with zero attached hydrogens (tertiary/aromatic N) is 1. The van der Waals surface area contributed by atoms with Gasteiger partial charge in [0.1, 0.15) is 18.3 Å². The number of hydrogen-bond donors (Lipinski definition) is 8. The second-order valence-electron chi connectivity index (χ2n) is 6.64.